The van der Waals surface area contributed by atoms with Crippen LogP contribution in [0.1, 0.15) is 33.1 Å². The second-order valence-electron chi connectivity index (χ2n) is 5.38. The highest BCUT2D eigenvalue weighted by molar-refractivity contribution is 4.88. The average molecular weight is 225 g/mol. The van der Waals surface area contributed by atoms with Crippen LogP contribution >= 0.6 is 0 Å². The molecule has 0 bridgehead atoms. The molecule has 2 fully saturated rings. The van der Waals surface area contributed by atoms with E-state index in [1.54, 1.807) is 0 Å². The molecule has 2 saturated heterocycles. The van der Waals surface area contributed by atoms with Crippen LogP contribution in [0.25, 0.3) is 0 Å². The summed E-state index contributed by atoms with van der Waals surface area (Å²) >= 11 is 0. The zero-order valence-electron chi connectivity index (χ0n) is 10.9. The Hall–Kier alpha value is -0.120. The fourth-order valence-corrected chi connectivity index (χ4v) is 3.03. The largest absolute Gasteiger partial charge is 0.315 e. The number of piperazine rings is 1. The Morgan fingerprint density at radius 2 is 2.19 bits per heavy atom. The van der Waals surface area contributed by atoms with Gasteiger partial charge in [0.05, 0.1) is 0 Å². The Labute approximate surface area is 100 Å². The predicted octanol–water partition coefficient (Wildman–Crippen LogP) is 1.15. The van der Waals surface area contributed by atoms with Crippen LogP contribution in [-0.2, 0) is 0 Å². The van der Waals surface area contributed by atoms with Gasteiger partial charge in [-0.15, -0.1) is 0 Å². The van der Waals surface area contributed by atoms with E-state index < -0.39 is 0 Å². The van der Waals surface area contributed by atoms with Gasteiger partial charge in [-0.3, -0.25) is 9.80 Å². The molecule has 0 saturated carbocycles. The number of rotatable bonds is 5. The summed E-state index contributed by atoms with van der Waals surface area (Å²) in [6, 6.07) is 1.57. The molecule has 3 heteroatoms. The Balaban J connectivity index is 1.72. The summed E-state index contributed by atoms with van der Waals surface area (Å²) in [5.74, 6) is 0. The van der Waals surface area contributed by atoms with Gasteiger partial charge in [0.2, 0.25) is 0 Å². The fourth-order valence-electron chi connectivity index (χ4n) is 3.03. The first-order valence-corrected chi connectivity index (χ1v) is 7.00. The molecule has 16 heavy (non-hydrogen) atoms. The van der Waals surface area contributed by atoms with Gasteiger partial charge in [0.15, 0.2) is 0 Å². The number of fused-ring (bicyclic) bond motifs is 1. The molecule has 2 aliphatic rings. The molecule has 1 N–H and O–H groups in total. The molecule has 0 aliphatic carbocycles. The van der Waals surface area contributed by atoms with E-state index in [0.29, 0.717) is 6.04 Å². The first-order chi connectivity index (χ1) is 7.81. The van der Waals surface area contributed by atoms with Gasteiger partial charge in [0.1, 0.15) is 0 Å². The number of nitrogens with one attached hydrogen (secondary N) is 1. The summed E-state index contributed by atoms with van der Waals surface area (Å²) in [6.45, 7) is 12.1. The maximum absolute atomic E-state index is 3.54. The van der Waals surface area contributed by atoms with Crippen LogP contribution in [0.3, 0.4) is 0 Å². The molecular formula is C13H27N3. The molecule has 94 valence electrons. The van der Waals surface area contributed by atoms with Crippen LogP contribution in [-0.4, -0.2) is 61.2 Å². The smallest absolute Gasteiger partial charge is 0.0224 e. The van der Waals surface area contributed by atoms with Crippen molar-refractivity contribution in [1.29, 1.82) is 0 Å². The van der Waals surface area contributed by atoms with Gasteiger partial charge in [-0.2, -0.15) is 0 Å². The number of nitrogens with zero attached hydrogens (tertiary/aromatic N) is 2. The maximum atomic E-state index is 3.54. The highest BCUT2D eigenvalue weighted by Gasteiger charge is 2.31. The van der Waals surface area contributed by atoms with Gasteiger partial charge >= 0.3 is 0 Å². The first-order valence-electron chi connectivity index (χ1n) is 7.00. The van der Waals surface area contributed by atoms with Crippen LogP contribution in [0.15, 0.2) is 0 Å². The van der Waals surface area contributed by atoms with Crippen LogP contribution in [0.2, 0.25) is 0 Å². The van der Waals surface area contributed by atoms with Crippen molar-refractivity contribution in [3.8, 4) is 0 Å². The lowest BCUT2D eigenvalue weighted by molar-refractivity contribution is 0.0769. The SMILES string of the molecule is CCCNCC(C)N1CCN2CCCC2C1. The molecule has 2 aliphatic heterocycles. The van der Waals surface area contributed by atoms with Gasteiger partial charge in [-0.1, -0.05) is 6.92 Å². The van der Waals surface area contributed by atoms with Gasteiger partial charge in [-0.25, -0.2) is 0 Å². The van der Waals surface area contributed by atoms with Gasteiger partial charge in [0, 0.05) is 38.3 Å². The normalized spacial score (nSPS) is 29.2. The zero-order chi connectivity index (χ0) is 11.4. The Kier molecular flexibility index (Phi) is 4.62. The number of hydrogen-bond acceptors (Lipinski definition) is 3. The van der Waals surface area contributed by atoms with Crippen molar-refractivity contribution in [1.82, 2.24) is 15.1 Å². The van der Waals surface area contributed by atoms with Crippen LogP contribution in [0, 0.1) is 0 Å². The standard InChI is InChI=1S/C13H27N3/c1-3-6-14-10-12(2)16-9-8-15-7-4-5-13(15)11-16/h12-14H,3-11H2,1-2H3. The second-order valence-corrected chi connectivity index (χ2v) is 5.38. The average Bonchev–Trinajstić information content (AvgIpc) is 2.76. The minimum absolute atomic E-state index is 0.703. The number of hydrogen-bond donors (Lipinski definition) is 1. The monoisotopic (exact) mass is 225 g/mol. The summed E-state index contributed by atoms with van der Waals surface area (Å²) in [5.41, 5.74) is 0. The van der Waals surface area contributed by atoms with E-state index in [1.165, 1.54) is 45.4 Å². The summed E-state index contributed by atoms with van der Waals surface area (Å²) in [4.78, 5) is 5.36. The summed E-state index contributed by atoms with van der Waals surface area (Å²) in [5, 5.41) is 3.54. The second kappa shape index (κ2) is 5.99. The van der Waals surface area contributed by atoms with Crippen molar-refractivity contribution in [2.75, 3.05) is 39.3 Å². The quantitative estimate of drug-likeness (QED) is 0.708. The van der Waals surface area contributed by atoms with Gasteiger partial charge in [-0.05, 0) is 39.3 Å². The lowest BCUT2D eigenvalue weighted by atomic mass is 10.1. The zero-order valence-corrected chi connectivity index (χ0v) is 10.9. The molecule has 0 amide bonds. The van der Waals surface area contributed by atoms with Crippen LogP contribution < -0.4 is 5.32 Å². The minimum Gasteiger partial charge on any atom is -0.315 e. The van der Waals surface area contributed by atoms with E-state index >= 15 is 0 Å². The lowest BCUT2D eigenvalue weighted by Crippen LogP contribution is -2.54. The molecular weight excluding hydrogens is 198 g/mol. The third-order valence-electron chi connectivity index (χ3n) is 4.11. The van der Waals surface area contributed by atoms with E-state index in [4.69, 9.17) is 0 Å². The molecule has 0 aromatic carbocycles. The lowest BCUT2D eigenvalue weighted by Gasteiger charge is -2.40. The van der Waals surface area contributed by atoms with E-state index in [0.717, 1.165) is 19.1 Å². The van der Waals surface area contributed by atoms with E-state index in [9.17, 15) is 0 Å². The molecule has 2 atom stereocenters. The van der Waals surface area contributed by atoms with Gasteiger partial charge in [0.25, 0.3) is 0 Å². The van der Waals surface area contributed by atoms with Crippen molar-refractivity contribution in [2.45, 2.75) is 45.2 Å². The topological polar surface area (TPSA) is 18.5 Å². The van der Waals surface area contributed by atoms with Crippen molar-refractivity contribution in [2.24, 2.45) is 0 Å². The van der Waals surface area contributed by atoms with E-state index in [-0.39, 0.29) is 0 Å². The van der Waals surface area contributed by atoms with Crippen molar-refractivity contribution in [3.05, 3.63) is 0 Å². The van der Waals surface area contributed by atoms with E-state index in [1.807, 2.05) is 0 Å². The highest BCUT2D eigenvalue weighted by Crippen LogP contribution is 2.22. The first kappa shape index (κ1) is 12.3. The molecule has 2 rings (SSSR count). The molecule has 0 radical (unpaired) electrons. The Morgan fingerprint density at radius 3 is 3.00 bits per heavy atom. The molecule has 3 nitrogen and oxygen atoms in total. The molecule has 0 aromatic rings. The van der Waals surface area contributed by atoms with Crippen LogP contribution in [0.4, 0.5) is 0 Å². The van der Waals surface area contributed by atoms with Crippen molar-refractivity contribution in [3.63, 3.8) is 0 Å². The third-order valence-corrected chi connectivity index (χ3v) is 4.11. The summed E-state index contributed by atoms with van der Waals surface area (Å²) < 4.78 is 0. The third kappa shape index (κ3) is 2.96. The highest BCUT2D eigenvalue weighted by atomic mass is 15.3. The fraction of sp³-hybridized carbons (Fsp3) is 1.00. The van der Waals surface area contributed by atoms with Gasteiger partial charge < -0.3 is 5.32 Å². The predicted molar refractivity (Wildman–Crippen MR) is 68.8 cm³/mol. The van der Waals surface area contributed by atoms with E-state index in [2.05, 4.69) is 29.0 Å². The maximum Gasteiger partial charge on any atom is 0.0224 e. The Morgan fingerprint density at radius 1 is 1.31 bits per heavy atom. The summed E-state index contributed by atoms with van der Waals surface area (Å²) in [6.07, 6.45) is 4.08. The molecule has 2 heterocycles. The minimum atomic E-state index is 0.703. The Bertz CT molecular complexity index is 207. The molecule has 0 spiro atoms. The summed E-state index contributed by atoms with van der Waals surface area (Å²) in [7, 11) is 0. The molecule has 0 aromatic heterocycles. The van der Waals surface area contributed by atoms with Crippen molar-refractivity contribution < 1.29 is 0 Å². The van der Waals surface area contributed by atoms with Crippen molar-refractivity contribution >= 4 is 0 Å². The molecule has 2 unspecified atom stereocenters. The van der Waals surface area contributed by atoms with Crippen LogP contribution in [0.5, 0.6) is 0 Å².